The number of rotatable bonds is 5. The van der Waals surface area contributed by atoms with Gasteiger partial charge < -0.3 is 20.1 Å². The van der Waals surface area contributed by atoms with Crippen molar-refractivity contribution in [3.63, 3.8) is 0 Å². The first-order valence-corrected chi connectivity index (χ1v) is 11.4. The van der Waals surface area contributed by atoms with Gasteiger partial charge in [-0.3, -0.25) is 4.79 Å². The fourth-order valence-electron chi connectivity index (χ4n) is 4.60. The van der Waals surface area contributed by atoms with Crippen molar-refractivity contribution in [3.05, 3.63) is 64.9 Å². The smallest absolute Gasteiger partial charge is 0.290 e. The normalized spacial score (nSPS) is 17.6. The molecule has 1 amide bonds. The molecule has 3 heterocycles. The number of nitrogens with zero attached hydrogens (tertiary/aromatic N) is 3. The summed E-state index contributed by atoms with van der Waals surface area (Å²) >= 11 is 0. The van der Waals surface area contributed by atoms with Crippen molar-refractivity contribution < 1.29 is 22.5 Å². The van der Waals surface area contributed by atoms with Crippen LogP contribution in [-0.4, -0.2) is 33.1 Å². The van der Waals surface area contributed by atoms with Crippen molar-refractivity contribution in [1.82, 2.24) is 20.4 Å². The van der Waals surface area contributed by atoms with E-state index in [1.807, 2.05) is 6.07 Å². The number of hydrogen-bond donors (Lipinski definition) is 3. The van der Waals surface area contributed by atoms with Gasteiger partial charge >= 0.3 is 0 Å². The number of amides is 1. The lowest BCUT2D eigenvalue weighted by Gasteiger charge is -2.30. The number of halogens is 3. The number of aromatic nitrogens is 3. The number of nitrogens with one attached hydrogen (secondary N) is 3. The molecule has 0 saturated heterocycles. The zero-order valence-electron chi connectivity index (χ0n) is 19.2. The quantitative estimate of drug-likeness (QED) is 0.360. The molecule has 3 N–H and O–H groups in total. The third-order valence-corrected chi connectivity index (χ3v) is 6.26. The van der Waals surface area contributed by atoms with Crippen LogP contribution in [0.4, 0.5) is 19.0 Å². The van der Waals surface area contributed by atoms with Gasteiger partial charge in [0.15, 0.2) is 11.6 Å². The summed E-state index contributed by atoms with van der Waals surface area (Å²) in [6, 6.07) is 6.01. The summed E-state index contributed by atoms with van der Waals surface area (Å²) in [5.41, 5.74) is 0.962. The summed E-state index contributed by atoms with van der Waals surface area (Å²) in [5.74, 6) is -2.63. The van der Waals surface area contributed by atoms with Gasteiger partial charge in [-0.15, -0.1) is 0 Å². The van der Waals surface area contributed by atoms with E-state index in [-0.39, 0.29) is 57.3 Å². The fraction of sp³-hybridized carbons (Fsp3) is 0.280. The molecule has 184 valence electrons. The number of H-pyrrole nitrogens is 1. The summed E-state index contributed by atoms with van der Waals surface area (Å²) in [6.45, 7) is 1.72. The Morgan fingerprint density at radius 1 is 1.17 bits per heavy atom. The molecule has 0 radical (unpaired) electrons. The van der Waals surface area contributed by atoms with Gasteiger partial charge in [-0.2, -0.15) is 5.26 Å². The lowest BCUT2D eigenvalue weighted by atomic mass is 9.90. The van der Waals surface area contributed by atoms with Crippen LogP contribution in [0.5, 0.6) is 0 Å². The molecule has 5 rings (SSSR count). The monoisotopic (exact) mass is 494 g/mol. The molecule has 0 aliphatic heterocycles. The van der Waals surface area contributed by atoms with Crippen molar-refractivity contribution >= 4 is 22.6 Å². The highest BCUT2D eigenvalue weighted by atomic mass is 19.1. The molecule has 1 saturated carbocycles. The number of hydrogen-bond acceptors (Lipinski definition) is 6. The fourth-order valence-corrected chi connectivity index (χ4v) is 4.60. The van der Waals surface area contributed by atoms with Crippen molar-refractivity contribution in [2.24, 2.45) is 0 Å². The van der Waals surface area contributed by atoms with E-state index >= 15 is 0 Å². The van der Waals surface area contributed by atoms with Crippen LogP contribution in [0.1, 0.15) is 47.5 Å². The van der Waals surface area contributed by atoms with E-state index in [2.05, 4.69) is 25.8 Å². The number of nitriles is 1. The van der Waals surface area contributed by atoms with Crippen LogP contribution in [0.2, 0.25) is 0 Å². The second kappa shape index (κ2) is 9.37. The minimum Gasteiger partial charge on any atom is -0.365 e. The van der Waals surface area contributed by atoms with E-state index in [9.17, 15) is 23.2 Å². The van der Waals surface area contributed by atoms with Gasteiger partial charge in [0.05, 0.1) is 22.5 Å². The second-order valence-electron chi connectivity index (χ2n) is 8.85. The molecular formula is C25H21F3N6O2. The Balaban J connectivity index is 1.39. The van der Waals surface area contributed by atoms with Crippen LogP contribution in [0.3, 0.4) is 0 Å². The lowest BCUT2D eigenvalue weighted by Crippen LogP contribution is -2.41. The minimum atomic E-state index is -0.786. The van der Waals surface area contributed by atoms with E-state index in [4.69, 9.17) is 4.52 Å². The zero-order chi connectivity index (χ0) is 25.4. The van der Waals surface area contributed by atoms with Crippen LogP contribution >= 0.6 is 0 Å². The topological polar surface area (TPSA) is 120 Å². The molecule has 3 aromatic heterocycles. The van der Waals surface area contributed by atoms with Gasteiger partial charge in [-0.05, 0) is 44.7 Å². The second-order valence-corrected chi connectivity index (χ2v) is 8.85. The molecule has 0 bridgehead atoms. The number of aromatic amines is 1. The molecular weight excluding hydrogens is 473 g/mol. The van der Waals surface area contributed by atoms with E-state index in [0.717, 1.165) is 31.0 Å². The molecule has 0 spiro atoms. The van der Waals surface area contributed by atoms with Crippen molar-refractivity contribution in [3.8, 4) is 17.3 Å². The number of fused-ring (bicyclic) bond motifs is 1. The van der Waals surface area contributed by atoms with E-state index < -0.39 is 17.5 Å². The highest BCUT2D eigenvalue weighted by molar-refractivity contribution is 5.96. The highest BCUT2D eigenvalue weighted by Gasteiger charge is 2.26. The molecule has 11 heteroatoms. The first-order chi connectivity index (χ1) is 17.3. The molecule has 8 nitrogen and oxygen atoms in total. The van der Waals surface area contributed by atoms with Crippen molar-refractivity contribution in [2.75, 3.05) is 5.32 Å². The van der Waals surface area contributed by atoms with Gasteiger partial charge in [0.25, 0.3) is 5.91 Å². The Kier molecular flexibility index (Phi) is 6.10. The molecule has 0 unspecified atom stereocenters. The molecule has 4 aromatic rings. The number of carbonyl (C=O) groups excluding carboxylic acids is 1. The zero-order valence-corrected chi connectivity index (χ0v) is 19.2. The summed E-state index contributed by atoms with van der Waals surface area (Å²) in [4.78, 5) is 19.5. The Bertz CT molecular complexity index is 1510. The van der Waals surface area contributed by atoms with Crippen LogP contribution < -0.4 is 10.6 Å². The maximum atomic E-state index is 14.9. The Hall–Kier alpha value is -4.33. The van der Waals surface area contributed by atoms with Gasteiger partial charge in [0, 0.05) is 41.4 Å². The van der Waals surface area contributed by atoms with E-state index in [0.29, 0.717) is 18.5 Å². The number of carbonyl (C=O) groups is 1. The van der Waals surface area contributed by atoms with Crippen LogP contribution in [0.15, 0.2) is 35.0 Å². The molecule has 2 atom stereocenters. The third kappa shape index (κ3) is 4.49. The molecule has 1 aliphatic carbocycles. The number of aryl methyl sites for hydroxylation is 1. The average Bonchev–Trinajstić information content (AvgIpc) is 3.47. The summed E-state index contributed by atoms with van der Waals surface area (Å²) in [7, 11) is 0. The van der Waals surface area contributed by atoms with Gasteiger partial charge in [0.2, 0.25) is 5.76 Å². The van der Waals surface area contributed by atoms with Crippen LogP contribution in [-0.2, 0) is 0 Å². The van der Waals surface area contributed by atoms with Gasteiger partial charge in [0.1, 0.15) is 17.7 Å². The van der Waals surface area contributed by atoms with Crippen LogP contribution in [0.25, 0.3) is 22.2 Å². The molecule has 1 aromatic carbocycles. The molecule has 1 aliphatic rings. The standard InChI is InChI=1S/C25H21F3N6O2/c1-12-5-21(36-34-12)25(35)32-16-4-2-3-15(9-16)31-24-20(28)6-13(10-29)22(33-24)18-11-30-23-17(18)7-14(26)8-19(23)27/h5-8,11,15-16,30H,2-4,9H2,1H3,(H,31,33)(H,32,35)/t15-,16-/m1/s1. The Morgan fingerprint density at radius 2 is 1.97 bits per heavy atom. The number of pyridine rings is 1. The minimum absolute atomic E-state index is 0.0590. The molecule has 1 fully saturated rings. The van der Waals surface area contributed by atoms with Crippen molar-refractivity contribution in [1.29, 1.82) is 5.26 Å². The number of anilines is 1. The maximum Gasteiger partial charge on any atom is 0.290 e. The maximum absolute atomic E-state index is 14.9. The first-order valence-electron chi connectivity index (χ1n) is 11.4. The summed E-state index contributed by atoms with van der Waals surface area (Å²) in [6.07, 6.45) is 4.17. The molecule has 36 heavy (non-hydrogen) atoms. The lowest BCUT2D eigenvalue weighted by molar-refractivity contribution is 0.0889. The van der Waals surface area contributed by atoms with Gasteiger partial charge in [-0.25, -0.2) is 18.2 Å². The van der Waals surface area contributed by atoms with E-state index in [1.165, 1.54) is 6.20 Å². The third-order valence-electron chi connectivity index (χ3n) is 6.26. The number of benzene rings is 1. The first kappa shape index (κ1) is 23.4. The largest absolute Gasteiger partial charge is 0.365 e. The van der Waals surface area contributed by atoms with Crippen molar-refractivity contribution in [2.45, 2.75) is 44.7 Å². The average molecular weight is 494 g/mol. The van der Waals surface area contributed by atoms with Gasteiger partial charge in [-0.1, -0.05) is 5.16 Å². The summed E-state index contributed by atoms with van der Waals surface area (Å²) in [5, 5.41) is 19.5. The predicted octanol–water partition coefficient (Wildman–Crippen LogP) is 4.97. The SMILES string of the molecule is Cc1cc(C(=O)N[C@@H]2CCC[C@@H](Nc3nc(-c4c[nH]c5c(F)cc(F)cc45)c(C#N)cc3F)C2)on1. The Morgan fingerprint density at radius 3 is 2.72 bits per heavy atom. The highest BCUT2D eigenvalue weighted by Crippen LogP contribution is 2.34. The Labute approximate surface area is 203 Å². The predicted molar refractivity (Wildman–Crippen MR) is 124 cm³/mol. The van der Waals surface area contributed by atoms with E-state index in [1.54, 1.807) is 13.0 Å². The van der Waals surface area contributed by atoms with Crippen LogP contribution in [0, 0.1) is 35.7 Å². The summed E-state index contributed by atoms with van der Waals surface area (Å²) < 4.78 is 48.0.